The first-order chi connectivity index (χ1) is 9.49. The molecule has 0 saturated carbocycles. The number of carbonyl (C=O) groups is 2. The summed E-state index contributed by atoms with van der Waals surface area (Å²) in [7, 11) is 0. The van der Waals surface area contributed by atoms with Crippen LogP contribution in [0.3, 0.4) is 0 Å². The van der Waals surface area contributed by atoms with Gasteiger partial charge in [0.25, 0.3) is 5.91 Å². The van der Waals surface area contributed by atoms with Gasteiger partial charge in [0, 0.05) is 19.3 Å². The topological polar surface area (TPSA) is 79.7 Å². The minimum atomic E-state index is -1.07. The summed E-state index contributed by atoms with van der Waals surface area (Å²) < 4.78 is 5.61. The Morgan fingerprint density at radius 1 is 1.50 bits per heavy atom. The molecule has 6 nitrogen and oxygen atoms in total. The van der Waals surface area contributed by atoms with Gasteiger partial charge in [-0.1, -0.05) is 13.8 Å². The Morgan fingerprint density at radius 3 is 2.90 bits per heavy atom. The number of nitrogens with zero attached hydrogens (tertiary/aromatic N) is 2. The average Bonchev–Trinajstić information content (AvgIpc) is 2.46. The Hall–Kier alpha value is -1.95. The molecule has 0 radical (unpaired) electrons. The van der Waals surface area contributed by atoms with E-state index in [9.17, 15) is 9.59 Å². The number of amides is 1. The SMILES string of the molecule is CC(C)C1CN(C(=O)c2cc(C(=O)O)ccn2)CCO1. The average molecular weight is 278 g/mol. The van der Waals surface area contributed by atoms with Crippen molar-refractivity contribution in [1.82, 2.24) is 9.88 Å². The maximum atomic E-state index is 12.4. The number of ether oxygens (including phenoxy) is 1. The second-order valence-corrected chi connectivity index (χ2v) is 5.14. The van der Waals surface area contributed by atoms with E-state index in [1.807, 2.05) is 13.8 Å². The number of hydrogen-bond acceptors (Lipinski definition) is 4. The van der Waals surface area contributed by atoms with Crippen molar-refractivity contribution in [2.24, 2.45) is 5.92 Å². The number of carboxylic acid groups (broad SMARTS) is 1. The predicted molar refractivity (Wildman–Crippen MR) is 71.7 cm³/mol. The van der Waals surface area contributed by atoms with Crippen LogP contribution in [0.4, 0.5) is 0 Å². The van der Waals surface area contributed by atoms with Gasteiger partial charge in [0.05, 0.1) is 18.3 Å². The number of hydrogen-bond donors (Lipinski definition) is 1. The van der Waals surface area contributed by atoms with Crippen molar-refractivity contribution in [2.75, 3.05) is 19.7 Å². The standard InChI is InChI=1S/C14H18N2O4/c1-9(2)12-8-16(5-6-20-12)13(17)11-7-10(14(18)19)3-4-15-11/h3-4,7,9,12H,5-6,8H2,1-2H3,(H,18,19). The zero-order valence-electron chi connectivity index (χ0n) is 11.6. The van der Waals surface area contributed by atoms with E-state index in [1.54, 1.807) is 4.90 Å². The summed E-state index contributed by atoms with van der Waals surface area (Å²) in [6, 6.07) is 2.68. The molecule has 1 aliphatic rings. The first-order valence-electron chi connectivity index (χ1n) is 6.59. The summed E-state index contributed by atoms with van der Waals surface area (Å²) >= 11 is 0. The van der Waals surface area contributed by atoms with Crippen LogP contribution in [0.25, 0.3) is 0 Å². The fourth-order valence-corrected chi connectivity index (χ4v) is 2.11. The molecule has 1 aromatic heterocycles. The monoisotopic (exact) mass is 278 g/mol. The first kappa shape index (κ1) is 14.5. The van der Waals surface area contributed by atoms with Gasteiger partial charge in [0.1, 0.15) is 5.69 Å². The van der Waals surface area contributed by atoms with Crippen LogP contribution in [0.15, 0.2) is 18.3 Å². The van der Waals surface area contributed by atoms with E-state index in [0.29, 0.717) is 25.6 Å². The molecule has 2 heterocycles. The maximum Gasteiger partial charge on any atom is 0.335 e. The molecule has 0 bridgehead atoms. The fraction of sp³-hybridized carbons (Fsp3) is 0.500. The quantitative estimate of drug-likeness (QED) is 0.900. The molecule has 1 aliphatic heterocycles. The van der Waals surface area contributed by atoms with E-state index in [-0.39, 0.29) is 23.3 Å². The van der Waals surface area contributed by atoms with E-state index >= 15 is 0 Å². The maximum absolute atomic E-state index is 12.4. The lowest BCUT2D eigenvalue weighted by Gasteiger charge is -2.34. The van der Waals surface area contributed by atoms with Gasteiger partial charge in [-0.3, -0.25) is 9.78 Å². The molecule has 0 aliphatic carbocycles. The van der Waals surface area contributed by atoms with Crippen LogP contribution in [-0.2, 0) is 4.74 Å². The van der Waals surface area contributed by atoms with Crippen LogP contribution in [0.5, 0.6) is 0 Å². The highest BCUT2D eigenvalue weighted by Crippen LogP contribution is 2.15. The minimum Gasteiger partial charge on any atom is -0.478 e. The van der Waals surface area contributed by atoms with Gasteiger partial charge in [-0.05, 0) is 18.1 Å². The van der Waals surface area contributed by atoms with Gasteiger partial charge in [-0.2, -0.15) is 0 Å². The Balaban J connectivity index is 2.14. The molecule has 20 heavy (non-hydrogen) atoms. The van der Waals surface area contributed by atoms with Crippen LogP contribution < -0.4 is 0 Å². The van der Waals surface area contributed by atoms with Gasteiger partial charge in [0.15, 0.2) is 0 Å². The Kier molecular flexibility index (Phi) is 4.34. The molecular formula is C14H18N2O4. The van der Waals surface area contributed by atoms with Crippen LogP contribution in [0.2, 0.25) is 0 Å². The smallest absolute Gasteiger partial charge is 0.335 e. The van der Waals surface area contributed by atoms with E-state index in [1.165, 1.54) is 18.3 Å². The number of aromatic nitrogens is 1. The van der Waals surface area contributed by atoms with Gasteiger partial charge < -0.3 is 14.7 Å². The molecule has 0 spiro atoms. The van der Waals surface area contributed by atoms with Crippen LogP contribution in [0, 0.1) is 5.92 Å². The van der Waals surface area contributed by atoms with E-state index in [2.05, 4.69) is 4.98 Å². The molecule has 0 aromatic carbocycles. The molecule has 1 unspecified atom stereocenters. The van der Waals surface area contributed by atoms with Crippen molar-refractivity contribution in [2.45, 2.75) is 20.0 Å². The van der Waals surface area contributed by atoms with Crippen LogP contribution >= 0.6 is 0 Å². The third kappa shape index (κ3) is 3.14. The summed E-state index contributed by atoms with van der Waals surface area (Å²) in [4.78, 5) is 28.9. The number of carbonyl (C=O) groups excluding carboxylic acids is 1. The third-order valence-electron chi connectivity index (χ3n) is 3.35. The zero-order valence-corrected chi connectivity index (χ0v) is 11.6. The third-order valence-corrected chi connectivity index (χ3v) is 3.35. The summed E-state index contributed by atoms with van der Waals surface area (Å²) in [5.74, 6) is -0.991. The van der Waals surface area contributed by atoms with Crippen molar-refractivity contribution < 1.29 is 19.4 Å². The second kappa shape index (κ2) is 6.00. The molecular weight excluding hydrogens is 260 g/mol. The highest BCUT2D eigenvalue weighted by Gasteiger charge is 2.27. The molecule has 1 fully saturated rings. The first-order valence-corrected chi connectivity index (χ1v) is 6.59. The lowest BCUT2D eigenvalue weighted by atomic mass is 10.1. The number of aromatic carboxylic acids is 1. The summed E-state index contributed by atoms with van der Waals surface area (Å²) in [5, 5.41) is 8.94. The zero-order chi connectivity index (χ0) is 14.7. The van der Waals surface area contributed by atoms with Crippen LogP contribution in [-0.4, -0.2) is 52.7 Å². The predicted octanol–water partition coefficient (Wildman–Crippen LogP) is 1.28. The number of pyridine rings is 1. The molecule has 6 heteroatoms. The Labute approximate surface area is 117 Å². The van der Waals surface area contributed by atoms with E-state index in [4.69, 9.17) is 9.84 Å². The van der Waals surface area contributed by atoms with Crippen LogP contribution in [0.1, 0.15) is 34.7 Å². The molecule has 1 N–H and O–H groups in total. The van der Waals surface area contributed by atoms with E-state index in [0.717, 1.165) is 0 Å². The Bertz CT molecular complexity index is 516. The normalized spacial score (nSPS) is 19.1. The highest BCUT2D eigenvalue weighted by molar-refractivity contribution is 5.95. The second-order valence-electron chi connectivity index (χ2n) is 5.14. The molecule has 1 aromatic rings. The molecule has 2 rings (SSSR count). The van der Waals surface area contributed by atoms with Gasteiger partial charge in [-0.15, -0.1) is 0 Å². The lowest BCUT2D eigenvalue weighted by molar-refractivity contribution is -0.0422. The summed E-state index contributed by atoms with van der Waals surface area (Å²) in [6.07, 6.45) is 1.35. The van der Waals surface area contributed by atoms with Gasteiger partial charge in [-0.25, -0.2) is 4.79 Å². The van der Waals surface area contributed by atoms with E-state index < -0.39 is 5.97 Å². The molecule has 1 amide bonds. The minimum absolute atomic E-state index is 0.00959. The number of rotatable bonds is 3. The van der Waals surface area contributed by atoms with Crippen molar-refractivity contribution in [1.29, 1.82) is 0 Å². The van der Waals surface area contributed by atoms with Crippen molar-refractivity contribution >= 4 is 11.9 Å². The van der Waals surface area contributed by atoms with Crippen molar-refractivity contribution in [3.8, 4) is 0 Å². The van der Waals surface area contributed by atoms with Crippen molar-refractivity contribution in [3.63, 3.8) is 0 Å². The molecule has 108 valence electrons. The summed E-state index contributed by atoms with van der Waals surface area (Å²) in [5.41, 5.74) is 0.228. The Morgan fingerprint density at radius 2 is 2.25 bits per heavy atom. The molecule has 1 saturated heterocycles. The lowest BCUT2D eigenvalue weighted by Crippen LogP contribution is -2.47. The molecule has 1 atom stereocenters. The van der Waals surface area contributed by atoms with Crippen molar-refractivity contribution in [3.05, 3.63) is 29.6 Å². The van der Waals surface area contributed by atoms with Gasteiger partial charge >= 0.3 is 5.97 Å². The number of carboxylic acids is 1. The highest BCUT2D eigenvalue weighted by atomic mass is 16.5. The summed E-state index contributed by atoms with van der Waals surface area (Å²) in [6.45, 7) is 5.59. The van der Waals surface area contributed by atoms with Gasteiger partial charge in [0.2, 0.25) is 0 Å². The fourth-order valence-electron chi connectivity index (χ4n) is 2.11. The largest absolute Gasteiger partial charge is 0.478 e. The number of morpholine rings is 1.